The first-order valence-electron chi connectivity index (χ1n) is 9.53. The zero-order valence-electron chi connectivity index (χ0n) is 16.7. The highest BCUT2D eigenvalue weighted by Gasteiger charge is 2.16. The Morgan fingerprint density at radius 1 is 1.21 bits per heavy atom. The number of hydrogen-bond donors (Lipinski definition) is 0. The molecule has 0 atom stereocenters. The highest BCUT2D eigenvalue weighted by molar-refractivity contribution is 5.71. The van der Waals surface area contributed by atoms with Gasteiger partial charge in [-0.2, -0.15) is 4.98 Å². The van der Waals surface area contributed by atoms with Crippen molar-refractivity contribution in [2.45, 2.75) is 40.2 Å². The van der Waals surface area contributed by atoms with E-state index >= 15 is 0 Å². The third-order valence-electron chi connectivity index (χ3n) is 4.53. The van der Waals surface area contributed by atoms with Crippen molar-refractivity contribution in [2.75, 3.05) is 6.61 Å². The van der Waals surface area contributed by atoms with Crippen LogP contribution in [0.25, 0.3) is 11.4 Å². The van der Waals surface area contributed by atoms with Gasteiger partial charge in [-0.25, -0.2) is 0 Å². The Hall–Kier alpha value is -3.08. The van der Waals surface area contributed by atoms with Crippen LogP contribution in [0.5, 0.6) is 5.88 Å². The number of hydrogen-bond acceptors (Lipinski definition) is 4. The summed E-state index contributed by atoms with van der Waals surface area (Å²) in [4.78, 5) is 17.6. The minimum atomic E-state index is -0.153. The molecule has 0 radical (unpaired) electrons. The average Bonchev–Trinajstić information content (AvgIpc) is 2.70. The Kier molecular flexibility index (Phi) is 6.14. The summed E-state index contributed by atoms with van der Waals surface area (Å²) in [5.74, 6) is 0.847. The predicted molar refractivity (Wildman–Crippen MR) is 112 cm³/mol. The molecule has 0 N–H and O–H groups in total. The average molecular weight is 378 g/mol. The normalized spacial score (nSPS) is 10.8. The molecule has 3 rings (SSSR count). The SMILES string of the molecule is C=C(OCCCC)c1cc(C)cn2c(=O)c(C)c(OCc3ccccc3)nc12. The van der Waals surface area contributed by atoms with E-state index in [1.807, 2.05) is 43.3 Å². The van der Waals surface area contributed by atoms with Gasteiger partial charge in [-0.3, -0.25) is 9.20 Å². The molecule has 0 aliphatic carbocycles. The van der Waals surface area contributed by atoms with Crippen LogP contribution in [0.15, 0.2) is 54.0 Å². The van der Waals surface area contributed by atoms with Crippen molar-refractivity contribution in [3.63, 3.8) is 0 Å². The fourth-order valence-corrected chi connectivity index (χ4v) is 2.93. The molecule has 0 aliphatic heterocycles. The van der Waals surface area contributed by atoms with Gasteiger partial charge in [0.05, 0.1) is 17.7 Å². The third kappa shape index (κ3) is 4.25. The summed E-state index contributed by atoms with van der Waals surface area (Å²) in [6, 6.07) is 11.7. The van der Waals surface area contributed by atoms with Crippen molar-refractivity contribution in [2.24, 2.45) is 0 Å². The lowest BCUT2D eigenvalue weighted by molar-refractivity contribution is 0.271. The van der Waals surface area contributed by atoms with Crippen LogP contribution in [-0.2, 0) is 11.3 Å². The van der Waals surface area contributed by atoms with E-state index in [9.17, 15) is 4.79 Å². The lowest BCUT2D eigenvalue weighted by Crippen LogP contribution is -2.20. The van der Waals surface area contributed by atoms with Gasteiger partial charge in [0.2, 0.25) is 5.88 Å². The van der Waals surface area contributed by atoms with E-state index in [0.717, 1.165) is 24.0 Å². The molecule has 1 aromatic carbocycles. The van der Waals surface area contributed by atoms with Gasteiger partial charge in [0.25, 0.3) is 5.56 Å². The van der Waals surface area contributed by atoms with Gasteiger partial charge < -0.3 is 9.47 Å². The molecule has 5 heteroatoms. The van der Waals surface area contributed by atoms with Crippen LogP contribution in [-0.4, -0.2) is 16.0 Å². The van der Waals surface area contributed by atoms with Crippen LogP contribution >= 0.6 is 0 Å². The summed E-state index contributed by atoms with van der Waals surface area (Å²) in [5.41, 5.74) is 3.47. The Morgan fingerprint density at radius 3 is 2.68 bits per heavy atom. The molecular weight excluding hydrogens is 352 g/mol. The first-order valence-corrected chi connectivity index (χ1v) is 9.53. The van der Waals surface area contributed by atoms with Gasteiger partial charge >= 0.3 is 0 Å². The van der Waals surface area contributed by atoms with Crippen molar-refractivity contribution in [1.29, 1.82) is 0 Å². The maximum atomic E-state index is 12.9. The highest BCUT2D eigenvalue weighted by atomic mass is 16.5. The number of aromatic nitrogens is 2. The fourth-order valence-electron chi connectivity index (χ4n) is 2.93. The van der Waals surface area contributed by atoms with E-state index in [4.69, 9.17) is 9.47 Å². The quantitative estimate of drug-likeness (QED) is 0.422. The number of aryl methyl sites for hydroxylation is 1. The van der Waals surface area contributed by atoms with Gasteiger partial charge in [-0.05, 0) is 37.5 Å². The van der Waals surface area contributed by atoms with E-state index in [2.05, 4.69) is 18.5 Å². The zero-order valence-corrected chi connectivity index (χ0v) is 16.7. The van der Waals surface area contributed by atoms with E-state index in [-0.39, 0.29) is 5.56 Å². The molecule has 0 saturated carbocycles. The summed E-state index contributed by atoms with van der Waals surface area (Å²) in [7, 11) is 0. The van der Waals surface area contributed by atoms with Gasteiger partial charge in [0.1, 0.15) is 12.4 Å². The molecule has 28 heavy (non-hydrogen) atoms. The number of unbranched alkanes of at least 4 members (excludes halogenated alkanes) is 1. The molecule has 0 bridgehead atoms. The first kappa shape index (κ1) is 19.7. The zero-order chi connectivity index (χ0) is 20.1. The summed E-state index contributed by atoms with van der Waals surface area (Å²) < 4.78 is 13.2. The molecular formula is C23H26N2O3. The molecule has 0 spiro atoms. The smallest absolute Gasteiger partial charge is 0.264 e. The standard InChI is InChI=1S/C23H26N2O3/c1-5-6-12-27-18(4)20-13-16(2)14-25-21(20)24-22(17(3)23(25)26)28-15-19-10-8-7-9-11-19/h7-11,13-14H,4-6,12,15H2,1-3H3. The van der Waals surface area contributed by atoms with Crippen LogP contribution in [0.1, 0.15) is 42.0 Å². The fraction of sp³-hybridized carbons (Fsp3) is 0.304. The second-order valence-corrected chi connectivity index (χ2v) is 6.87. The summed E-state index contributed by atoms with van der Waals surface area (Å²) in [6.07, 6.45) is 3.76. The predicted octanol–water partition coefficient (Wildman–Crippen LogP) is 4.68. The second kappa shape index (κ2) is 8.74. The summed E-state index contributed by atoms with van der Waals surface area (Å²) in [6.45, 7) is 10.8. The van der Waals surface area contributed by atoms with Crippen molar-refractivity contribution >= 4 is 11.4 Å². The maximum absolute atomic E-state index is 12.9. The molecule has 146 valence electrons. The molecule has 0 aliphatic rings. The Labute approximate surface area is 165 Å². The van der Waals surface area contributed by atoms with Gasteiger partial charge in [-0.15, -0.1) is 0 Å². The largest absolute Gasteiger partial charge is 0.493 e. The molecule has 0 saturated heterocycles. The Balaban J connectivity index is 2.01. The first-order chi connectivity index (χ1) is 13.5. The molecule has 5 nitrogen and oxygen atoms in total. The molecule has 0 fully saturated rings. The van der Waals surface area contributed by atoms with E-state index in [1.54, 1.807) is 17.5 Å². The van der Waals surface area contributed by atoms with Crippen molar-refractivity contribution < 1.29 is 9.47 Å². The molecule has 3 aromatic rings. The molecule has 0 amide bonds. The van der Waals surface area contributed by atoms with Crippen LogP contribution < -0.4 is 10.3 Å². The van der Waals surface area contributed by atoms with Crippen molar-refractivity contribution in [3.8, 4) is 5.88 Å². The Morgan fingerprint density at radius 2 is 1.96 bits per heavy atom. The number of ether oxygens (including phenoxy) is 2. The Bertz CT molecular complexity index is 1040. The minimum absolute atomic E-state index is 0.153. The van der Waals surface area contributed by atoms with Crippen molar-refractivity contribution in [1.82, 2.24) is 9.38 Å². The van der Waals surface area contributed by atoms with Gasteiger partial charge in [0, 0.05) is 6.20 Å². The number of nitrogens with zero attached hydrogens (tertiary/aromatic N) is 2. The third-order valence-corrected chi connectivity index (χ3v) is 4.53. The van der Waals surface area contributed by atoms with Gasteiger partial charge in [-0.1, -0.05) is 50.3 Å². The number of benzene rings is 1. The van der Waals surface area contributed by atoms with Crippen LogP contribution in [0.2, 0.25) is 0 Å². The van der Waals surface area contributed by atoms with Crippen LogP contribution in [0, 0.1) is 13.8 Å². The van der Waals surface area contributed by atoms with Gasteiger partial charge in [0.15, 0.2) is 5.65 Å². The van der Waals surface area contributed by atoms with E-state index < -0.39 is 0 Å². The van der Waals surface area contributed by atoms with Crippen LogP contribution in [0.3, 0.4) is 0 Å². The number of pyridine rings is 1. The highest BCUT2D eigenvalue weighted by Crippen LogP contribution is 2.23. The summed E-state index contributed by atoms with van der Waals surface area (Å²) >= 11 is 0. The second-order valence-electron chi connectivity index (χ2n) is 6.87. The number of rotatable bonds is 8. The van der Waals surface area contributed by atoms with Crippen LogP contribution in [0.4, 0.5) is 0 Å². The minimum Gasteiger partial charge on any atom is -0.493 e. The summed E-state index contributed by atoms with van der Waals surface area (Å²) in [5, 5.41) is 0. The van der Waals surface area contributed by atoms with E-state index in [1.165, 1.54) is 0 Å². The van der Waals surface area contributed by atoms with Crippen molar-refractivity contribution in [3.05, 3.63) is 81.8 Å². The van der Waals surface area contributed by atoms with E-state index in [0.29, 0.717) is 41.6 Å². The topological polar surface area (TPSA) is 52.8 Å². The number of fused-ring (bicyclic) bond motifs is 1. The lowest BCUT2D eigenvalue weighted by Gasteiger charge is -2.15. The molecule has 0 unspecified atom stereocenters. The molecule has 2 aromatic heterocycles. The lowest BCUT2D eigenvalue weighted by atomic mass is 10.1. The monoisotopic (exact) mass is 378 g/mol. The maximum Gasteiger partial charge on any atom is 0.264 e. The molecule has 2 heterocycles.